The van der Waals surface area contributed by atoms with E-state index in [1.165, 1.54) is 0 Å². The predicted molar refractivity (Wildman–Crippen MR) is 121 cm³/mol. The number of benzene rings is 1. The van der Waals surface area contributed by atoms with Crippen molar-refractivity contribution >= 4 is 44.4 Å². The lowest BCUT2D eigenvalue weighted by Crippen LogP contribution is -2.16. The summed E-state index contributed by atoms with van der Waals surface area (Å²) in [5.74, 6) is 1.05. The van der Waals surface area contributed by atoms with Gasteiger partial charge in [-0.3, -0.25) is 4.79 Å². The van der Waals surface area contributed by atoms with E-state index in [0.29, 0.717) is 23.6 Å². The zero-order chi connectivity index (χ0) is 21.1. The molecule has 8 heteroatoms. The number of ether oxygens (including phenoxy) is 1. The Hall–Kier alpha value is -3.39. The fourth-order valence-corrected chi connectivity index (χ4v) is 3.48. The van der Waals surface area contributed by atoms with Crippen molar-refractivity contribution < 1.29 is 9.53 Å². The van der Waals surface area contributed by atoms with Crippen LogP contribution in [0.5, 0.6) is 5.75 Å². The number of halogens is 1. The van der Waals surface area contributed by atoms with E-state index in [0.717, 1.165) is 26.8 Å². The number of hydrogen-bond acceptors (Lipinski definition) is 5. The van der Waals surface area contributed by atoms with Gasteiger partial charge in [0.05, 0.1) is 18.4 Å². The van der Waals surface area contributed by atoms with Crippen LogP contribution in [0.2, 0.25) is 0 Å². The second kappa shape index (κ2) is 8.54. The zero-order valence-electron chi connectivity index (χ0n) is 16.5. The number of aryl methyl sites for hydroxylation is 1. The molecule has 0 saturated heterocycles. The molecule has 0 spiro atoms. The molecule has 0 saturated carbocycles. The van der Waals surface area contributed by atoms with Crippen LogP contribution in [0, 0.1) is 0 Å². The first kappa shape index (κ1) is 19.9. The Morgan fingerprint density at radius 1 is 1.17 bits per heavy atom. The Bertz CT molecular complexity index is 1200. The van der Waals surface area contributed by atoms with Gasteiger partial charge in [0.1, 0.15) is 17.2 Å². The highest BCUT2D eigenvalue weighted by atomic mass is 79.9. The Balaban J connectivity index is 1.56. The number of pyridine rings is 2. The quantitative estimate of drug-likeness (QED) is 0.434. The van der Waals surface area contributed by atoms with Gasteiger partial charge in [-0.2, -0.15) is 0 Å². The molecule has 2 N–H and O–H groups in total. The van der Waals surface area contributed by atoms with Crippen LogP contribution in [-0.2, 0) is 13.6 Å². The monoisotopic (exact) mass is 465 g/mol. The minimum atomic E-state index is -0.252. The number of nitrogens with zero attached hydrogens (tertiary/aromatic N) is 3. The van der Waals surface area contributed by atoms with Crippen molar-refractivity contribution in [3.8, 4) is 5.75 Å². The van der Waals surface area contributed by atoms with E-state index in [1.807, 2.05) is 48.1 Å². The Morgan fingerprint density at radius 3 is 2.73 bits per heavy atom. The summed E-state index contributed by atoms with van der Waals surface area (Å²) in [7, 11) is 3.55. The maximum Gasteiger partial charge on any atom is 0.259 e. The molecule has 3 aromatic heterocycles. The van der Waals surface area contributed by atoms with Crippen LogP contribution in [0.3, 0.4) is 0 Å². The lowest BCUT2D eigenvalue weighted by molar-refractivity contribution is 0.102. The molecule has 0 radical (unpaired) electrons. The number of amides is 1. The number of anilines is 2. The summed E-state index contributed by atoms with van der Waals surface area (Å²) in [6.45, 7) is 0.525. The van der Waals surface area contributed by atoms with E-state index in [4.69, 9.17) is 4.74 Å². The van der Waals surface area contributed by atoms with Crippen molar-refractivity contribution in [3.63, 3.8) is 0 Å². The first-order valence-corrected chi connectivity index (χ1v) is 10.1. The summed E-state index contributed by atoms with van der Waals surface area (Å²) >= 11 is 3.41. The van der Waals surface area contributed by atoms with Crippen LogP contribution < -0.4 is 15.4 Å². The highest BCUT2D eigenvalue weighted by Gasteiger charge is 2.16. The molecule has 0 aliphatic heterocycles. The fraction of sp³-hybridized carbons (Fsp3) is 0.136. The second-order valence-corrected chi connectivity index (χ2v) is 7.64. The molecule has 1 amide bonds. The number of methoxy groups -OCH3 is 1. The maximum atomic E-state index is 13.1. The van der Waals surface area contributed by atoms with E-state index >= 15 is 0 Å². The molecule has 0 fully saturated rings. The third-order valence-corrected chi connectivity index (χ3v) is 5.17. The van der Waals surface area contributed by atoms with Crippen LogP contribution >= 0.6 is 15.9 Å². The molecule has 4 rings (SSSR count). The summed E-state index contributed by atoms with van der Waals surface area (Å²) in [4.78, 5) is 21.8. The van der Waals surface area contributed by atoms with Crippen molar-refractivity contribution in [2.24, 2.45) is 7.05 Å². The summed E-state index contributed by atoms with van der Waals surface area (Å²) in [5.41, 5.74) is 3.00. The van der Waals surface area contributed by atoms with Gasteiger partial charge in [-0.1, -0.05) is 12.1 Å². The van der Waals surface area contributed by atoms with E-state index < -0.39 is 0 Å². The van der Waals surface area contributed by atoms with Crippen molar-refractivity contribution in [2.75, 3.05) is 17.7 Å². The predicted octanol–water partition coefficient (Wildman–Crippen LogP) is 4.60. The van der Waals surface area contributed by atoms with Crippen molar-refractivity contribution in [1.29, 1.82) is 0 Å². The van der Waals surface area contributed by atoms with Crippen molar-refractivity contribution in [1.82, 2.24) is 14.5 Å². The average molecular weight is 466 g/mol. The number of carbonyl (C=O) groups is 1. The third-order valence-electron chi connectivity index (χ3n) is 4.73. The minimum absolute atomic E-state index is 0.252. The molecule has 1 aromatic carbocycles. The molecular weight excluding hydrogens is 446 g/mol. The largest absolute Gasteiger partial charge is 0.497 e. The lowest BCUT2D eigenvalue weighted by atomic mass is 10.2. The normalized spacial score (nSPS) is 10.8. The highest BCUT2D eigenvalue weighted by Crippen LogP contribution is 2.25. The molecule has 0 unspecified atom stereocenters. The molecule has 0 bridgehead atoms. The van der Waals surface area contributed by atoms with E-state index in [2.05, 4.69) is 36.5 Å². The van der Waals surface area contributed by atoms with Gasteiger partial charge in [-0.15, -0.1) is 0 Å². The molecule has 7 nitrogen and oxygen atoms in total. The maximum absolute atomic E-state index is 13.1. The summed E-state index contributed by atoms with van der Waals surface area (Å²) in [5, 5.41) is 7.12. The van der Waals surface area contributed by atoms with Crippen LogP contribution in [0.1, 0.15) is 15.9 Å². The van der Waals surface area contributed by atoms with Gasteiger partial charge in [0.15, 0.2) is 0 Å². The molecule has 0 atom stereocenters. The van der Waals surface area contributed by atoms with E-state index in [9.17, 15) is 4.79 Å². The number of nitrogens with one attached hydrogen (secondary N) is 2. The molecule has 3 heterocycles. The van der Waals surface area contributed by atoms with Gasteiger partial charge >= 0.3 is 0 Å². The number of rotatable bonds is 6. The second-order valence-electron chi connectivity index (χ2n) is 6.73. The van der Waals surface area contributed by atoms with Gasteiger partial charge < -0.3 is 19.9 Å². The number of aromatic nitrogens is 3. The van der Waals surface area contributed by atoms with Gasteiger partial charge in [0.25, 0.3) is 5.91 Å². The number of carbonyl (C=O) groups excluding carboxylic acids is 1. The standard InChI is InChI=1S/C22H20BrN5O2/c1-28-10-8-17-19(7-9-24-21(17)28)27-22(29)18-11-15(23)13-26-20(18)25-12-14-3-5-16(30-2)6-4-14/h3-11,13H,12H2,1-2H3,(H,25,26)(H,24,27,29). The van der Waals surface area contributed by atoms with Crippen molar-refractivity contribution in [3.05, 3.63) is 76.7 Å². The SMILES string of the molecule is COc1ccc(CNc2ncc(Br)cc2C(=O)Nc2ccnc3c2ccn3C)cc1. The lowest BCUT2D eigenvalue weighted by Gasteiger charge is -2.13. The Morgan fingerprint density at radius 2 is 1.97 bits per heavy atom. The number of fused-ring (bicyclic) bond motifs is 1. The first-order valence-electron chi connectivity index (χ1n) is 9.29. The summed E-state index contributed by atoms with van der Waals surface area (Å²) in [6.07, 6.45) is 5.25. The molecule has 0 aliphatic rings. The van der Waals surface area contributed by atoms with Gasteiger partial charge in [-0.25, -0.2) is 9.97 Å². The van der Waals surface area contributed by atoms with Crippen LogP contribution in [0.25, 0.3) is 11.0 Å². The van der Waals surface area contributed by atoms with Gasteiger partial charge in [0, 0.05) is 42.0 Å². The van der Waals surface area contributed by atoms with Crippen LogP contribution in [0.4, 0.5) is 11.5 Å². The third kappa shape index (κ3) is 4.13. The molecule has 4 aromatic rings. The van der Waals surface area contributed by atoms with Crippen LogP contribution in [-0.4, -0.2) is 27.6 Å². The van der Waals surface area contributed by atoms with Gasteiger partial charge in [0.2, 0.25) is 0 Å². The fourth-order valence-electron chi connectivity index (χ4n) is 3.15. The van der Waals surface area contributed by atoms with Gasteiger partial charge in [-0.05, 0) is 51.8 Å². The molecule has 30 heavy (non-hydrogen) atoms. The van der Waals surface area contributed by atoms with E-state index in [-0.39, 0.29) is 5.91 Å². The first-order chi connectivity index (χ1) is 14.5. The minimum Gasteiger partial charge on any atom is -0.497 e. The summed E-state index contributed by atoms with van der Waals surface area (Å²) in [6, 6.07) is 13.2. The highest BCUT2D eigenvalue weighted by molar-refractivity contribution is 9.10. The molecular formula is C22H20BrN5O2. The molecule has 152 valence electrons. The Labute approximate surface area is 182 Å². The van der Waals surface area contributed by atoms with E-state index in [1.54, 1.807) is 31.6 Å². The Kier molecular flexibility index (Phi) is 5.67. The summed E-state index contributed by atoms with van der Waals surface area (Å²) < 4.78 is 7.82. The smallest absolute Gasteiger partial charge is 0.259 e. The van der Waals surface area contributed by atoms with Crippen molar-refractivity contribution in [2.45, 2.75) is 6.54 Å². The molecule has 0 aliphatic carbocycles. The average Bonchev–Trinajstić information content (AvgIpc) is 3.15. The van der Waals surface area contributed by atoms with Crippen LogP contribution in [0.15, 0.2) is 65.5 Å². The zero-order valence-corrected chi connectivity index (χ0v) is 18.1. The topological polar surface area (TPSA) is 81.1 Å². The number of hydrogen-bond donors (Lipinski definition) is 2.